The molecule has 1 heterocycles. The predicted octanol–water partition coefficient (Wildman–Crippen LogP) is 1.90. The number of aliphatic hydroxyl groups excluding tert-OH is 1. The monoisotopic (exact) mass is 168 g/mol. The molecule has 1 fully saturated rings. The van der Waals surface area contributed by atoms with Gasteiger partial charge >= 0.3 is 0 Å². The Bertz CT molecular complexity index is 210. The Morgan fingerprint density at radius 2 is 2.25 bits per heavy atom. The van der Waals surface area contributed by atoms with Gasteiger partial charge in [0.25, 0.3) is 0 Å². The summed E-state index contributed by atoms with van der Waals surface area (Å²) in [6.45, 7) is 4.30. The Balaban J connectivity index is 2.23. The summed E-state index contributed by atoms with van der Waals surface area (Å²) in [4.78, 5) is 0. The second-order valence-corrected chi connectivity index (χ2v) is 4.13. The predicted molar refractivity (Wildman–Crippen MR) is 46.2 cm³/mol. The van der Waals surface area contributed by atoms with Gasteiger partial charge in [-0.3, -0.25) is 0 Å². The molecule has 1 N–H and O–H groups in total. The van der Waals surface area contributed by atoms with E-state index in [9.17, 15) is 5.11 Å². The smallest absolute Gasteiger partial charge is 0.200 e. The summed E-state index contributed by atoms with van der Waals surface area (Å²) in [5.74, 6) is 1.52. The average molecular weight is 168 g/mol. The van der Waals surface area contributed by atoms with Gasteiger partial charge in [0, 0.05) is 5.92 Å². The number of hydrogen-bond donors (Lipinski definition) is 1. The van der Waals surface area contributed by atoms with Crippen LogP contribution in [0.5, 0.6) is 0 Å². The quantitative estimate of drug-likeness (QED) is 0.598. The van der Waals surface area contributed by atoms with Gasteiger partial charge in [-0.15, -0.1) is 0 Å². The number of aliphatic hydroxyl groups is 1. The fraction of sp³-hybridized carbons (Fsp3) is 0.800. The number of rotatable bonds is 0. The minimum absolute atomic E-state index is 0.343. The van der Waals surface area contributed by atoms with Crippen molar-refractivity contribution < 1.29 is 9.84 Å². The van der Waals surface area contributed by atoms with Gasteiger partial charge in [-0.2, -0.15) is 0 Å². The summed E-state index contributed by atoms with van der Waals surface area (Å²) in [6.07, 6.45) is 3.61. The van der Waals surface area contributed by atoms with Gasteiger partial charge in [0.1, 0.15) is 0 Å². The van der Waals surface area contributed by atoms with Crippen molar-refractivity contribution in [1.82, 2.24) is 0 Å². The molecule has 2 unspecified atom stereocenters. The van der Waals surface area contributed by atoms with E-state index in [2.05, 4.69) is 13.8 Å². The molecule has 2 rings (SSSR count). The van der Waals surface area contributed by atoms with E-state index in [0.29, 0.717) is 17.8 Å². The highest BCUT2D eigenvalue weighted by Crippen LogP contribution is 2.45. The maximum absolute atomic E-state index is 9.60. The summed E-state index contributed by atoms with van der Waals surface area (Å²) in [7, 11) is 0. The lowest BCUT2D eigenvalue weighted by Crippen LogP contribution is -2.32. The van der Waals surface area contributed by atoms with Crippen LogP contribution in [0.4, 0.5) is 0 Å². The maximum atomic E-state index is 9.60. The minimum Gasteiger partial charge on any atom is -0.472 e. The lowest BCUT2D eigenvalue weighted by molar-refractivity contribution is -0.121. The third-order valence-corrected chi connectivity index (χ3v) is 3.36. The van der Waals surface area contributed by atoms with Crippen molar-refractivity contribution in [1.29, 1.82) is 0 Å². The van der Waals surface area contributed by atoms with Gasteiger partial charge in [-0.05, 0) is 37.2 Å². The first-order chi connectivity index (χ1) is 5.70. The van der Waals surface area contributed by atoms with E-state index in [1.165, 1.54) is 18.4 Å². The summed E-state index contributed by atoms with van der Waals surface area (Å²) in [5, 5.41) is 9.60. The van der Waals surface area contributed by atoms with Crippen LogP contribution in [0.1, 0.15) is 26.7 Å². The molecule has 0 aromatic heterocycles. The molecule has 1 aliphatic heterocycles. The highest BCUT2D eigenvalue weighted by Gasteiger charge is 2.42. The first-order valence-electron chi connectivity index (χ1n) is 4.70. The molecule has 0 spiro atoms. The molecule has 68 valence electrons. The lowest BCUT2D eigenvalue weighted by atomic mass is 9.84. The second kappa shape index (κ2) is 2.77. The van der Waals surface area contributed by atoms with Crippen LogP contribution in [0.2, 0.25) is 0 Å². The topological polar surface area (TPSA) is 29.5 Å². The number of allylic oxidation sites excluding steroid dienone is 1. The van der Waals surface area contributed by atoms with Crippen LogP contribution in [0.3, 0.4) is 0 Å². The molecule has 2 aliphatic rings. The fourth-order valence-electron chi connectivity index (χ4n) is 2.59. The Labute approximate surface area is 73.2 Å². The van der Waals surface area contributed by atoms with Crippen LogP contribution in [0.25, 0.3) is 0 Å². The Morgan fingerprint density at radius 3 is 2.92 bits per heavy atom. The molecule has 0 saturated heterocycles. The average Bonchev–Trinajstić information content (AvgIpc) is 2.42. The van der Waals surface area contributed by atoms with Gasteiger partial charge in [0.15, 0.2) is 6.29 Å². The summed E-state index contributed by atoms with van der Waals surface area (Å²) in [5.41, 5.74) is 1.30. The molecule has 2 heteroatoms. The van der Waals surface area contributed by atoms with Crippen molar-refractivity contribution in [3.05, 3.63) is 11.8 Å². The van der Waals surface area contributed by atoms with Crippen LogP contribution in [0, 0.1) is 17.8 Å². The molecule has 0 aromatic carbocycles. The number of ether oxygens (including phenoxy) is 1. The summed E-state index contributed by atoms with van der Waals surface area (Å²) < 4.78 is 5.17. The van der Waals surface area contributed by atoms with E-state index in [-0.39, 0.29) is 0 Å². The minimum atomic E-state index is -0.559. The third-order valence-electron chi connectivity index (χ3n) is 3.36. The molecule has 0 bridgehead atoms. The number of hydrogen-bond acceptors (Lipinski definition) is 2. The third kappa shape index (κ3) is 1.06. The molecule has 0 amide bonds. The van der Waals surface area contributed by atoms with Crippen LogP contribution in [-0.2, 0) is 4.74 Å². The van der Waals surface area contributed by atoms with Crippen LogP contribution < -0.4 is 0 Å². The van der Waals surface area contributed by atoms with Crippen LogP contribution >= 0.6 is 0 Å². The molecule has 1 saturated carbocycles. The highest BCUT2D eigenvalue weighted by atomic mass is 16.6. The molecular formula is C10H16O2. The van der Waals surface area contributed by atoms with Crippen molar-refractivity contribution in [2.45, 2.75) is 33.0 Å². The van der Waals surface area contributed by atoms with Crippen LogP contribution in [0.15, 0.2) is 11.8 Å². The summed E-state index contributed by atoms with van der Waals surface area (Å²) >= 11 is 0. The van der Waals surface area contributed by atoms with Crippen LogP contribution in [-0.4, -0.2) is 11.4 Å². The van der Waals surface area contributed by atoms with Gasteiger partial charge < -0.3 is 9.84 Å². The van der Waals surface area contributed by atoms with Crippen molar-refractivity contribution in [2.75, 3.05) is 0 Å². The SMILES string of the molecule is CC1=CO[C@H](O)C2C1CC[C@H]2C. The van der Waals surface area contributed by atoms with E-state index in [0.717, 1.165) is 0 Å². The zero-order valence-electron chi connectivity index (χ0n) is 7.66. The van der Waals surface area contributed by atoms with E-state index in [4.69, 9.17) is 4.74 Å². The molecule has 4 atom stereocenters. The Morgan fingerprint density at radius 1 is 1.50 bits per heavy atom. The maximum Gasteiger partial charge on any atom is 0.200 e. The van der Waals surface area contributed by atoms with E-state index in [1.807, 2.05) is 0 Å². The van der Waals surface area contributed by atoms with Gasteiger partial charge in [0.2, 0.25) is 0 Å². The zero-order chi connectivity index (χ0) is 8.72. The van der Waals surface area contributed by atoms with E-state index in [1.54, 1.807) is 6.26 Å². The van der Waals surface area contributed by atoms with Gasteiger partial charge in [0.05, 0.1) is 6.26 Å². The second-order valence-electron chi connectivity index (χ2n) is 4.13. The van der Waals surface area contributed by atoms with Crippen molar-refractivity contribution in [2.24, 2.45) is 17.8 Å². The van der Waals surface area contributed by atoms with Gasteiger partial charge in [-0.1, -0.05) is 6.92 Å². The molecule has 0 radical (unpaired) electrons. The first-order valence-corrected chi connectivity index (χ1v) is 4.70. The van der Waals surface area contributed by atoms with Gasteiger partial charge in [-0.25, -0.2) is 0 Å². The molecular weight excluding hydrogens is 152 g/mol. The molecule has 2 nitrogen and oxygen atoms in total. The fourth-order valence-corrected chi connectivity index (χ4v) is 2.59. The normalized spacial score (nSPS) is 46.4. The van der Waals surface area contributed by atoms with Crippen molar-refractivity contribution in [3.63, 3.8) is 0 Å². The summed E-state index contributed by atoms with van der Waals surface area (Å²) in [6, 6.07) is 0. The number of fused-ring (bicyclic) bond motifs is 1. The Hall–Kier alpha value is -0.500. The standard InChI is InChI=1S/C10H16O2/c1-6-3-4-8-7(2)5-12-10(11)9(6)8/h5-6,8-11H,3-4H2,1-2H3/t6-,8?,9?,10+/m1/s1. The van der Waals surface area contributed by atoms with E-state index < -0.39 is 6.29 Å². The van der Waals surface area contributed by atoms with Crippen molar-refractivity contribution >= 4 is 0 Å². The molecule has 1 aliphatic carbocycles. The van der Waals surface area contributed by atoms with E-state index >= 15 is 0 Å². The molecule has 0 aromatic rings. The Kier molecular flexibility index (Phi) is 1.87. The van der Waals surface area contributed by atoms with Crippen molar-refractivity contribution in [3.8, 4) is 0 Å². The largest absolute Gasteiger partial charge is 0.472 e. The molecule has 12 heavy (non-hydrogen) atoms. The lowest BCUT2D eigenvalue weighted by Gasteiger charge is -2.31. The highest BCUT2D eigenvalue weighted by molar-refractivity contribution is 5.09. The first kappa shape index (κ1) is 8.11. The zero-order valence-corrected chi connectivity index (χ0v) is 7.66.